The zero-order chi connectivity index (χ0) is 11.5. The molecular formula is C13H15N3. The number of hydrogen-bond acceptors (Lipinski definition) is 2. The molecule has 3 heteroatoms. The minimum Gasteiger partial charge on any atom is -0.330 e. The van der Waals surface area contributed by atoms with Crippen LogP contribution in [0.25, 0.3) is 5.57 Å². The molecule has 82 valence electrons. The van der Waals surface area contributed by atoms with Gasteiger partial charge in [-0.3, -0.25) is 0 Å². The largest absolute Gasteiger partial charge is 0.330 e. The first-order chi connectivity index (χ1) is 7.74. The Bertz CT molecular complexity index is 486. The van der Waals surface area contributed by atoms with Crippen LogP contribution in [-0.4, -0.2) is 9.55 Å². The van der Waals surface area contributed by atoms with E-state index < -0.39 is 0 Å². The number of hydrogen-bond donors (Lipinski definition) is 0. The van der Waals surface area contributed by atoms with Gasteiger partial charge in [0.15, 0.2) is 0 Å². The highest BCUT2D eigenvalue weighted by Crippen LogP contribution is 2.23. The van der Waals surface area contributed by atoms with Crippen LogP contribution in [0.15, 0.2) is 24.4 Å². The zero-order valence-electron chi connectivity index (χ0n) is 9.64. The molecule has 0 radical (unpaired) electrons. The molecule has 0 amide bonds. The van der Waals surface area contributed by atoms with E-state index in [1.54, 1.807) is 6.20 Å². The van der Waals surface area contributed by atoms with Crippen LogP contribution in [0.4, 0.5) is 0 Å². The number of rotatable bonds is 2. The van der Waals surface area contributed by atoms with Gasteiger partial charge in [-0.05, 0) is 19.8 Å². The molecule has 0 bridgehead atoms. The molecule has 1 aliphatic rings. The smallest absolute Gasteiger partial charge is 0.139 e. The lowest BCUT2D eigenvalue weighted by atomic mass is 10.1. The molecule has 1 unspecified atom stereocenters. The molecule has 1 aliphatic carbocycles. The monoisotopic (exact) mass is 213 g/mol. The molecule has 1 aromatic heterocycles. The van der Waals surface area contributed by atoms with E-state index >= 15 is 0 Å². The number of nitriles is 1. The van der Waals surface area contributed by atoms with Crippen molar-refractivity contribution in [1.82, 2.24) is 9.55 Å². The van der Waals surface area contributed by atoms with Crippen LogP contribution in [-0.2, 0) is 7.05 Å². The highest BCUT2D eigenvalue weighted by atomic mass is 15.1. The van der Waals surface area contributed by atoms with Crippen LogP contribution >= 0.6 is 0 Å². The second kappa shape index (κ2) is 4.36. The van der Waals surface area contributed by atoms with Crippen molar-refractivity contribution in [3.05, 3.63) is 35.9 Å². The molecule has 1 atom stereocenters. The Balaban J connectivity index is 2.38. The molecule has 0 saturated carbocycles. The predicted octanol–water partition coefficient (Wildman–Crippen LogP) is 2.78. The molecule has 1 aromatic rings. The van der Waals surface area contributed by atoms with Crippen molar-refractivity contribution in [2.24, 2.45) is 7.05 Å². The summed E-state index contributed by atoms with van der Waals surface area (Å²) in [5, 5.41) is 8.91. The maximum absolute atomic E-state index is 8.91. The number of imidazole rings is 1. The van der Waals surface area contributed by atoms with Crippen molar-refractivity contribution < 1.29 is 0 Å². The highest BCUT2D eigenvalue weighted by molar-refractivity contribution is 5.71. The third-order valence-electron chi connectivity index (χ3n) is 2.91. The molecule has 0 aromatic carbocycles. The van der Waals surface area contributed by atoms with E-state index in [-0.39, 0.29) is 5.92 Å². The van der Waals surface area contributed by atoms with E-state index in [9.17, 15) is 0 Å². The topological polar surface area (TPSA) is 41.6 Å². The molecule has 0 aliphatic heterocycles. The van der Waals surface area contributed by atoms with Crippen LogP contribution in [0.5, 0.6) is 0 Å². The minimum absolute atomic E-state index is 0.112. The number of nitrogens with zero attached hydrogens (tertiary/aromatic N) is 3. The molecular weight excluding hydrogens is 198 g/mol. The Morgan fingerprint density at radius 3 is 2.94 bits per heavy atom. The second-order valence-electron chi connectivity index (χ2n) is 4.06. The lowest BCUT2D eigenvalue weighted by molar-refractivity contribution is 0.781. The molecule has 1 heterocycles. The van der Waals surface area contributed by atoms with Crippen LogP contribution in [0.3, 0.4) is 0 Å². The van der Waals surface area contributed by atoms with Gasteiger partial charge < -0.3 is 4.57 Å². The van der Waals surface area contributed by atoms with Gasteiger partial charge >= 0.3 is 0 Å². The van der Waals surface area contributed by atoms with Gasteiger partial charge in [0.2, 0.25) is 0 Å². The van der Waals surface area contributed by atoms with Gasteiger partial charge in [0.1, 0.15) is 5.82 Å². The summed E-state index contributed by atoms with van der Waals surface area (Å²) in [5.74, 6) is 0.840. The fourth-order valence-electron chi connectivity index (χ4n) is 1.94. The first-order valence-electron chi connectivity index (χ1n) is 5.52. The summed E-state index contributed by atoms with van der Waals surface area (Å²) in [4.78, 5) is 4.40. The standard InChI is InChI=1S/C13H15N3/c1-10(8-14)12-9-15-13(16(12)2)11-6-4-3-5-7-11/h4,6-7,9-10H,3,5H2,1-2H3. The van der Waals surface area contributed by atoms with E-state index in [1.807, 2.05) is 18.5 Å². The Hall–Kier alpha value is -1.82. The van der Waals surface area contributed by atoms with Crippen molar-refractivity contribution in [2.75, 3.05) is 0 Å². The average Bonchev–Trinajstić information content (AvgIpc) is 2.71. The summed E-state index contributed by atoms with van der Waals surface area (Å²) >= 11 is 0. The van der Waals surface area contributed by atoms with Crippen molar-refractivity contribution in [3.8, 4) is 6.07 Å². The van der Waals surface area contributed by atoms with Crippen molar-refractivity contribution in [3.63, 3.8) is 0 Å². The minimum atomic E-state index is -0.112. The quantitative estimate of drug-likeness (QED) is 0.758. The fourth-order valence-corrected chi connectivity index (χ4v) is 1.94. The van der Waals surface area contributed by atoms with E-state index in [2.05, 4.69) is 29.3 Å². The van der Waals surface area contributed by atoms with Crippen LogP contribution in [0.1, 0.15) is 37.2 Å². The van der Waals surface area contributed by atoms with E-state index in [1.165, 1.54) is 0 Å². The molecule has 0 spiro atoms. The Labute approximate surface area is 95.7 Å². The normalized spacial score (nSPS) is 16.7. The Kier molecular flexibility index (Phi) is 2.91. The van der Waals surface area contributed by atoms with Gasteiger partial charge in [0.25, 0.3) is 0 Å². The van der Waals surface area contributed by atoms with Gasteiger partial charge in [0, 0.05) is 12.6 Å². The average molecular weight is 213 g/mol. The molecule has 16 heavy (non-hydrogen) atoms. The van der Waals surface area contributed by atoms with Gasteiger partial charge in [-0.25, -0.2) is 4.98 Å². The van der Waals surface area contributed by atoms with Gasteiger partial charge in [-0.1, -0.05) is 18.2 Å². The summed E-state index contributed by atoms with van der Waals surface area (Å²) in [7, 11) is 1.97. The maximum atomic E-state index is 8.91. The summed E-state index contributed by atoms with van der Waals surface area (Å²) in [6, 6.07) is 2.24. The third kappa shape index (κ3) is 1.79. The summed E-state index contributed by atoms with van der Waals surface area (Å²) < 4.78 is 2.01. The first kappa shape index (κ1) is 10.7. The molecule has 2 rings (SSSR count). The van der Waals surface area contributed by atoms with Gasteiger partial charge in [0.05, 0.1) is 23.9 Å². The Morgan fingerprint density at radius 1 is 1.50 bits per heavy atom. The molecule has 0 fully saturated rings. The lowest BCUT2D eigenvalue weighted by Gasteiger charge is -2.09. The highest BCUT2D eigenvalue weighted by Gasteiger charge is 2.14. The predicted molar refractivity (Wildman–Crippen MR) is 63.6 cm³/mol. The maximum Gasteiger partial charge on any atom is 0.139 e. The van der Waals surface area contributed by atoms with E-state index in [4.69, 9.17) is 5.26 Å². The Morgan fingerprint density at radius 2 is 2.31 bits per heavy atom. The zero-order valence-corrected chi connectivity index (χ0v) is 9.64. The van der Waals surface area contributed by atoms with E-state index in [0.717, 1.165) is 29.9 Å². The van der Waals surface area contributed by atoms with Gasteiger partial charge in [-0.2, -0.15) is 5.26 Å². The molecule has 0 saturated heterocycles. The second-order valence-corrected chi connectivity index (χ2v) is 4.06. The lowest BCUT2D eigenvalue weighted by Crippen LogP contribution is -2.03. The SMILES string of the molecule is CC(C#N)c1cnc(C2=CCCC=C2)n1C. The van der Waals surface area contributed by atoms with Crippen LogP contribution in [0.2, 0.25) is 0 Å². The third-order valence-corrected chi connectivity index (χ3v) is 2.91. The summed E-state index contributed by atoms with van der Waals surface area (Å²) in [6.07, 6.45) is 10.4. The van der Waals surface area contributed by atoms with Crippen molar-refractivity contribution in [2.45, 2.75) is 25.7 Å². The van der Waals surface area contributed by atoms with E-state index in [0.29, 0.717) is 0 Å². The summed E-state index contributed by atoms with van der Waals surface area (Å²) in [5.41, 5.74) is 2.13. The summed E-state index contributed by atoms with van der Waals surface area (Å²) in [6.45, 7) is 1.89. The number of allylic oxidation sites excluding steroid dienone is 4. The van der Waals surface area contributed by atoms with Crippen LogP contribution < -0.4 is 0 Å². The molecule has 3 nitrogen and oxygen atoms in total. The molecule has 0 N–H and O–H groups in total. The number of aromatic nitrogens is 2. The van der Waals surface area contributed by atoms with Crippen LogP contribution in [0, 0.1) is 11.3 Å². The van der Waals surface area contributed by atoms with Crippen molar-refractivity contribution >= 4 is 5.57 Å². The fraction of sp³-hybridized carbons (Fsp3) is 0.385. The van der Waals surface area contributed by atoms with Crippen molar-refractivity contribution in [1.29, 1.82) is 5.26 Å². The van der Waals surface area contributed by atoms with Gasteiger partial charge in [-0.15, -0.1) is 0 Å². The first-order valence-corrected chi connectivity index (χ1v) is 5.52.